The summed E-state index contributed by atoms with van der Waals surface area (Å²) in [7, 11) is 1.63. The summed E-state index contributed by atoms with van der Waals surface area (Å²) in [6, 6.07) is 26.2. The molecule has 1 amide bonds. The zero-order valence-corrected chi connectivity index (χ0v) is 21.9. The summed E-state index contributed by atoms with van der Waals surface area (Å²) >= 11 is 5.98. The van der Waals surface area contributed by atoms with Crippen LogP contribution in [0, 0.1) is 5.82 Å². The van der Waals surface area contributed by atoms with Crippen LogP contribution < -0.4 is 9.64 Å². The summed E-state index contributed by atoms with van der Waals surface area (Å²) in [5.41, 5.74) is 3.22. The van der Waals surface area contributed by atoms with Crippen LogP contribution in [0.15, 0.2) is 103 Å². The van der Waals surface area contributed by atoms with Crippen molar-refractivity contribution in [3.05, 3.63) is 136 Å². The van der Waals surface area contributed by atoms with Gasteiger partial charge in [-0.25, -0.2) is 4.39 Å². The maximum absolute atomic E-state index is 14.3. The molecule has 4 aromatic carbocycles. The molecule has 1 aliphatic rings. The molecule has 1 aliphatic heterocycles. The lowest BCUT2D eigenvalue weighted by Crippen LogP contribution is -2.29. The standard InChI is InChI=1S/C32H25ClFNO4/c1-39-27-7-2-4-21(18-27)9-8-20-10-16-26(17-11-20)35-29(23-5-3-6-25(34)19-23)28(31(37)32(35)38)30(36)22-12-14-24(33)15-13-22/h2-7,10-19,29,36H,8-9H2,1H3/b30-28+. The molecule has 1 fully saturated rings. The number of carbonyl (C=O) groups is 2. The molecule has 0 saturated carbocycles. The van der Waals surface area contributed by atoms with Crippen LogP contribution >= 0.6 is 11.6 Å². The van der Waals surface area contributed by atoms with E-state index in [9.17, 15) is 19.1 Å². The van der Waals surface area contributed by atoms with Crippen molar-refractivity contribution in [3.8, 4) is 5.75 Å². The fourth-order valence-electron chi connectivity index (χ4n) is 4.79. The third-order valence-corrected chi connectivity index (χ3v) is 7.03. The van der Waals surface area contributed by atoms with E-state index in [2.05, 4.69) is 0 Å². The third kappa shape index (κ3) is 5.42. The second-order valence-corrected chi connectivity index (χ2v) is 9.69. The molecule has 1 atom stereocenters. The van der Waals surface area contributed by atoms with Crippen LogP contribution in [0.1, 0.15) is 28.3 Å². The first kappa shape index (κ1) is 26.2. The highest BCUT2D eigenvalue weighted by Gasteiger charge is 2.47. The van der Waals surface area contributed by atoms with Crippen LogP contribution in [0.25, 0.3) is 5.76 Å². The molecular formula is C32H25ClFNO4. The molecule has 1 unspecified atom stereocenters. The molecule has 39 heavy (non-hydrogen) atoms. The number of Topliss-reactive ketones (excluding diaryl/α,β-unsaturated/α-hetero) is 1. The fourth-order valence-corrected chi connectivity index (χ4v) is 4.92. The van der Waals surface area contributed by atoms with Gasteiger partial charge in [-0.15, -0.1) is 0 Å². The highest BCUT2D eigenvalue weighted by atomic mass is 35.5. The van der Waals surface area contributed by atoms with E-state index in [1.54, 1.807) is 49.6 Å². The number of ether oxygens (including phenoxy) is 1. The van der Waals surface area contributed by atoms with E-state index >= 15 is 0 Å². The first-order valence-electron chi connectivity index (χ1n) is 12.4. The van der Waals surface area contributed by atoms with Crippen LogP contribution in [0.4, 0.5) is 10.1 Å². The molecule has 1 saturated heterocycles. The predicted molar refractivity (Wildman–Crippen MR) is 149 cm³/mol. The van der Waals surface area contributed by atoms with Gasteiger partial charge >= 0.3 is 0 Å². The van der Waals surface area contributed by atoms with Crippen molar-refractivity contribution >= 4 is 34.7 Å². The molecular weight excluding hydrogens is 517 g/mol. The lowest BCUT2D eigenvalue weighted by Gasteiger charge is -2.25. The molecule has 7 heteroatoms. The fraction of sp³-hybridized carbons (Fsp3) is 0.125. The maximum atomic E-state index is 14.3. The van der Waals surface area contributed by atoms with Crippen molar-refractivity contribution in [1.82, 2.24) is 0 Å². The van der Waals surface area contributed by atoms with Crippen molar-refractivity contribution in [3.63, 3.8) is 0 Å². The summed E-state index contributed by atoms with van der Waals surface area (Å²) in [5, 5.41) is 11.6. The average molecular weight is 542 g/mol. The summed E-state index contributed by atoms with van der Waals surface area (Å²) < 4.78 is 19.6. The van der Waals surface area contributed by atoms with Gasteiger partial charge in [-0.1, -0.05) is 48.0 Å². The van der Waals surface area contributed by atoms with Crippen molar-refractivity contribution in [2.45, 2.75) is 18.9 Å². The highest BCUT2D eigenvalue weighted by Crippen LogP contribution is 2.42. The number of hydrogen-bond donors (Lipinski definition) is 1. The molecule has 4 aromatic rings. The summed E-state index contributed by atoms with van der Waals surface area (Å²) in [6.45, 7) is 0. The number of aliphatic hydroxyl groups excluding tert-OH is 1. The Hall–Kier alpha value is -4.42. The quantitative estimate of drug-likeness (QED) is 0.157. The van der Waals surface area contributed by atoms with Crippen molar-refractivity contribution in [1.29, 1.82) is 0 Å². The van der Waals surface area contributed by atoms with E-state index in [4.69, 9.17) is 16.3 Å². The van der Waals surface area contributed by atoms with Gasteiger partial charge in [0.1, 0.15) is 17.3 Å². The van der Waals surface area contributed by atoms with E-state index in [1.807, 2.05) is 36.4 Å². The van der Waals surface area contributed by atoms with Crippen LogP contribution in [-0.4, -0.2) is 23.9 Å². The predicted octanol–water partition coefficient (Wildman–Crippen LogP) is 6.90. The number of halogens is 2. The number of nitrogens with zero attached hydrogens (tertiary/aromatic N) is 1. The van der Waals surface area contributed by atoms with Crippen molar-refractivity contribution < 1.29 is 23.8 Å². The van der Waals surface area contributed by atoms with Crippen LogP contribution in [0.2, 0.25) is 5.02 Å². The lowest BCUT2D eigenvalue weighted by atomic mass is 9.95. The smallest absolute Gasteiger partial charge is 0.300 e. The monoisotopic (exact) mass is 541 g/mol. The zero-order chi connectivity index (χ0) is 27.5. The van der Waals surface area contributed by atoms with Gasteiger partial charge in [-0.2, -0.15) is 0 Å². The van der Waals surface area contributed by atoms with Crippen LogP contribution in [0.5, 0.6) is 5.75 Å². The zero-order valence-electron chi connectivity index (χ0n) is 21.1. The van der Waals surface area contributed by atoms with Crippen LogP contribution in [0.3, 0.4) is 0 Å². The molecule has 0 aromatic heterocycles. The highest BCUT2D eigenvalue weighted by molar-refractivity contribution is 6.51. The number of anilines is 1. The summed E-state index contributed by atoms with van der Waals surface area (Å²) in [5.74, 6) is -1.72. The maximum Gasteiger partial charge on any atom is 0.300 e. The Morgan fingerprint density at radius 2 is 1.59 bits per heavy atom. The minimum Gasteiger partial charge on any atom is -0.507 e. The number of rotatable bonds is 7. The van der Waals surface area contributed by atoms with E-state index in [0.717, 1.165) is 29.7 Å². The number of aliphatic hydroxyl groups is 1. The van der Waals surface area contributed by atoms with E-state index in [1.165, 1.54) is 23.1 Å². The van der Waals surface area contributed by atoms with Gasteiger partial charge in [0, 0.05) is 16.3 Å². The lowest BCUT2D eigenvalue weighted by molar-refractivity contribution is -0.132. The Balaban J connectivity index is 1.50. The van der Waals surface area contributed by atoms with Gasteiger partial charge in [-0.3, -0.25) is 14.5 Å². The van der Waals surface area contributed by atoms with Gasteiger partial charge in [0.25, 0.3) is 11.7 Å². The van der Waals surface area contributed by atoms with Gasteiger partial charge in [0.2, 0.25) is 0 Å². The number of hydrogen-bond acceptors (Lipinski definition) is 4. The Bertz CT molecular complexity index is 1560. The molecule has 5 nitrogen and oxygen atoms in total. The van der Waals surface area contributed by atoms with Gasteiger partial charge in [-0.05, 0) is 90.2 Å². The number of benzene rings is 4. The molecule has 0 spiro atoms. The Morgan fingerprint density at radius 3 is 2.28 bits per heavy atom. The number of methoxy groups -OCH3 is 1. The van der Waals surface area contributed by atoms with Gasteiger partial charge in [0.15, 0.2) is 0 Å². The molecule has 5 rings (SSSR count). The third-order valence-electron chi connectivity index (χ3n) is 6.78. The molecule has 1 N–H and O–H groups in total. The van der Waals surface area contributed by atoms with Crippen molar-refractivity contribution in [2.24, 2.45) is 0 Å². The molecule has 196 valence electrons. The Kier molecular flexibility index (Phi) is 7.48. The van der Waals surface area contributed by atoms with E-state index in [-0.39, 0.29) is 11.3 Å². The molecule has 0 aliphatic carbocycles. The van der Waals surface area contributed by atoms with E-state index in [0.29, 0.717) is 21.8 Å². The number of carbonyl (C=O) groups excluding carboxylic acids is 2. The first-order valence-corrected chi connectivity index (χ1v) is 12.8. The summed E-state index contributed by atoms with van der Waals surface area (Å²) in [6.07, 6.45) is 1.56. The minimum absolute atomic E-state index is 0.116. The Morgan fingerprint density at radius 1 is 0.897 bits per heavy atom. The second-order valence-electron chi connectivity index (χ2n) is 9.25. The number of amides is 1. The minimum atomic E-state index is -1.01. The number of aryl methyl sites for hydroxylation is 2. The Labute approximate surface area is 230 Å². The van der Waals surface area contributed by atoms with Gasteiger partial charge < -0.3 is 9.84 Å². The SMILES string of the molecule is COc1cccc(CCc2ccc(N3C(=O)C(=O)/C(=C(/O)c4ccc(Cl)cc4)C3c3cccc(F)c3)cc2)c1. The number of ketones is 1. The second kappa shape index (κ2) is 11.1. The molecule has 0 bridgehead atoms. The average Bonchev–Trinajstić information content (AvgIpc) is 3.22. The first-order chi connectivity index (χ1) is 18.9. The molecule has 0 radical (unpaired) electrons. The molecule has 1 heterocycles. The van der Waals surface area contributed by atoms with Crippen molar-refractivity contribution in [2.75, 3.05) is 12.0 Å². The van der Waals surface area contributed by atoms with E-state index < -0.39 is 23.5 Å². The van der Waals surface area contributed by atoms with Crippen LogP contribution in [-0.2, 0) is 22.4 Å². The largest absolute Gasteiger partial charge is 0.507 e. The normalized spacial score (nSPS) is 16.5. The topological polar surface area (TPSA) is 66.8 Å². The van der Waals surface area contributed by atoms with Gasteiger partial charge in [0.05, 0.1) is 18.7 Å². The summed E-state index contributed by atoms with van der Waals surface area (Å²) in [4.78, 5) is 27.9.